The lowest BCUT2D eigenvalue weighted by atomic mass is 10.1. The Kier molecular flexibility index (Phi) is 10.7. The van der Waals surface area contributed by atoms with E-state index in [0.717, 1.165) is 62.1 Å². The second-order valence-electron chi connectivity index (χ2n) is 9.78. The summed E-state index contributed by atoms with van der Waals surface area (Å²) in [7, 11) is 0. The second kappa shape index (κ2) is 13.8. The van der Waals surface area contributed by atoms with Crippen molar-refractivity contribution in [3.05, 3.63) is 89.6 Å². The van der Waals surface area contributed by atoms with Gasteiger partial charge in [-0.2, -0.15) is 13.2 Å². The summed E-state index contributed by atoms with van der Waals surface area (Å²) in [5, 5.41) is 3.01. The first kappa shape index (κ1) is 29.7. The maximum Gasteiger partial charge on any atom is 0.416 e. The molecule has 0 bridgehead atoms. The molecule has 2 aromatic carbocycles. The summed E-state index contributed by atoms with van der Waals surface area (Å²) in [6.45, 7) is 5.71. The number of rotatable bonds is 12. The molecule has 4 nitrogen and oxygen atoms in total. The minimum atomic E-state index is -4.29. The quantitative estimate of drug-likeness (QED) is 0.244. The average Bonchev–Trinajstić information content (AvgIpc) is 3.67. The van der Waals surface area contributed by atoms with E-state index in [-0.39, 0.29) is 18.3 Å². The van der Waals surface area contributed by atoms with Crippen LogP contribution in [0.25, 0.3) is 11.3 Å². The number of benzene rings is 2. The molecule has 2 atom stereocenters. The number of alkyl halides is 3. The lowest BCUT2D eigenvalue weighted by molar-refractivity contribution is -0.137. The van der Waals surface area contributed by atoms with Crippen LogP contribution in [0.5, 0.6) is 0 Å². The largest absolute Gasteiger partial charge is 0.416 e. The van der Waals surface area contributed by atoms with Crippen LogP contribution in [0.2, 0.25) is 0 Å². The lowest BCUT2D eigenvalue weighted by Crippen LogP contribution is -2.29. The Labute approximate surface area is 229 Å². The number of halogens is 4. The number of nitrogens with zero attached hydrogens (tertiary/aromatic N) is 2. The molecule has 4 rings (SSSR count). The van der Waals surface area contributed by atoms with Crippen LogP contribution >= 0.6 is 12.4 Å². The van der Waals surface area contributed by atoms with Crippen LogP contribution in [-0.2, 0) is 6.18 Å². The van der Waals surface area contributed by atoms with Crippen LogP contribution in [-0.4, -0.2) is 42.0 Å². The van der Waals surface area contributed by atoms with Crippen molar-refractivity contribution in [2.45, 2.75) is 44.7 Å². The molecule has 3 aromatic rings. The molecule has 1 amide bonds. The van der Waals surface area contributed by atoms with Crippen LogP contribution in [0.3, 0.4) is 0 Å². The fourth-order valence-electron chi connectivity index (χ4n) is 4.81. The van der Waals surface area contributed by atoms with Crippen molar-refractivity contribution in [3.63, 3.8) is 0 Å². The van der Waals surface area contributed by atoms with Gasteiger partial charge in [0, 0.05) is 30.4 Å². The van der Waals surface area contributed by atoms with Crippen molar-refractivity contribution in [2.75, 3.05) is 26.2 Å². The molecule has 1 N–H and O–H groups in total. The third kappa shape index (κ3) is 8.30. The van der Waals surface area contributed by atoms with Gasteiger partial charge in [0.2, 0.25) is 0 Å². The highest BCUT2D eigenvalue weighted by Gasteiger charge is 2.39. The molecular formula is C30H35ClF3N3O. The summed E-state index contributed by atoms with van der Waals surface area (Å²) >= 11 is 0. The van der Waals surface area contributed by atoms with E-state index >= 15 is 0 Å². The molecule has 0 radical (unpaired) electrons. The van der Waals surface area contributed by atoms with Gasteiger partial charge in [0.1, 0.15) is 0 Å². The number of hydrogen-bond donors (Lipinski definition) is 1. The van der Waals surface area contributed by atoms with Crippen molar-refractivity contribution < 1.29 is 18.0 Å². The number of carbonyl (C=O) groups is 1. The van der Waals surface area contributed by atoms with Crippen LogP contribution < -0.4 is 5.32 Å². The number of amides is 1. The van der Waals surface area contributed by atoms with E-state index < -0.39 is 11.7 Å². The van der Waals surface area contributed by atoms with Gasteiger partial charge in [0.25, 0.3) is 5.91 Å². The van der Waals surface area contributed by atoms with Gasteiger partial charge in [-0.05, 0) is 92.6 Å². The molecule has 1 fully saturated rings. The van der Waals surface area contributed by atoms with E-state index in [9.17, 15) is 18.0 Å². The molecular weight excluding hydrogens is 511 g/mol. The highest BCUT2D eigenvalue weighted by molar-refractivity contribution is 5.94. The molecule has 1 aliphatic carbocycles. The van der Waals surface area contributed by atoms with Gasteiger partial charge < -0.3 is 10.2 Å². The first-order valence-corrected chi connectivity index (χ1v) is 13.0. The zero-order chi connectivity index (χ0) is 26.3. The summed E-state index contributed by atoms with van der Waals surface area (Å²) in [6.07, 6.45) is 1.43. The molecule has 0 aliphatic heterocycles. The Morgan fingerprint density at radius 1 is 1.00 bits per heavy atom. The van der Waals surface area contributed by atoms with Gasteiger partial charge >= 0.3 is 6.18 Å². The molecule has 1 aliphatic rings. The van der Waals surface area contributed by atoms with Crippen molar-refractivity contribution >= 4 is 18.3 Å². The monoisotopic (exact) mass is 545 g/mol. The Bertz CT molecular complexity index is 1140. The van der Waals surface area contributed by atoms with Crippen molar-refractivity contribution in [2.24, 2.45) is 5.92 Å². The molecule has 2 unspecified atom stereocenters. The molecule has 204 valence electrons. The van der Waals surface area contributed by atoms with E-state index in [0.29, 0.717) is 23.9 Å². The van der Waals surface area contributed by atoms with Crippen LogP contribution in [0.15, 0.2) is 72.9 Å². The molecule has 1 saturated carbocycles. The van der Waals surface area contributed by atoms with Gasteiger partial charge in [-0.1, -0.05) is 37.3 Å². The van der Waals surface area contributed by atoms with Gasteiger partial charge in [0.15, 0.2) is 0 Å². The fraction of sp³-hybridized carbons (Fsp3) is 0.400. The van der Waals surface area contributed by atoms with Crippen LogP contribution in [0.1, 0.15) is 60.0 Å². The number of unbranched alkanes of at least 4 members (excludes halogenated alkanes) is 1. The summed E-state index contributed by atoms with van der Waals surface area (Å²) < 4.78 is 38.4. The predicted molar refractivity (Wildman–Crippen MR) is 148 cm³/mol. The first-order chi connectivity index (χ1) is 17.8. The Hall–Kier alpha value is -2.90. The number of carbonyl (C=O) groups excluding carboxylic acids is 1. The fourth-order valence-corrected chi connectivity index (χ4v) is 4.81. The molecule has 0 saturated heterocycles. The summed E-state index contributed by atoms with van der Waals surface area (Å²) in [4.78, 5) is 19.3. The third-order valence-electron chi connectivity index (χ3n) is 6.92. The highest BCUT2D eigenvalue weighted by Crippen LogP contribution is 2.48. The average molecular weight is 546 g/mol. The smallest absolute Gasteiger partial charge is 0.352 e. The lowest BCUT2D eigenvalue weighted by Gasteiger charge is -2.22. The normalized spacial score (nSPS) is 16.7. The van der Waals surface area contributed by atoms with Crippen molar-refractivity contribution in [1.29, 1.82) is 0 Å². The van der Waals surface area contributed by atoms with Gasteiger partial charge in [0.05, 0.1) is 11.3 Å². The van der Waals surface area contributed by atoms with Crippen LogP contribution in [0, 0.1) is 5.92 Å². The molecule has 0 spiro atoms. The van der Waals surface area contributed by atoms with Crippen molar-refractivity contribution in [3.8, 4) is 11.3 Å². The zero-order valence-corrected chi connectivity index (χ0v) is 22.4. The topological polar surface area (TPSA) is 45.2 Å². The van der Waals surface area contributed by atoms with Crippen LogP contribution in [0.4, 0.5) is 13.2 Å². The molecule has 8 heteroatoms. The van der Waals surface area contributed by atoms with Crippen molar-refractivity contribution in [1.82, 2.24) is 15.2 Å². The van der Waals surface area contributed by atoms with E-state index in [1.54, 1.807) is 18.3 Å². The van der Waals surface area contributed by atoms with E-state index in [1.807, 2.05) is 42.5 Å². The maximum atomic E-state index is 12.8. The number of hydrogen-bond acceptors (Lipinski definition) is 3. The SMILES string of the molecule is CCCN(CCCCNC(=O)c1ccc(-c2ccccn2)cc1)CC1CC1c1ccc(C(F)(F)F)cc1.Cl. The molecule has 1 aromatic heterocycles. The summed E-state index contributed by atoms with van der Waals surface area (Å²) in [6, 6.07) is 18.9. The number of pyridine rings is 1. The zero-order valence-electron chi connectivity index (χ0n) is 21.6. The minimum absolute atomic E-state index is 0. The highest BCUT2D eigenvalue weighted by atomic mass is 35.5. The number of aromatic nitrogens is 1. The third-order valence-corrected chi connectivity index (χ3v) is 6.92. The second-order valence-corrected chi connectivity index (χ2v) is 9.78. The Balaban J connectivity index is 0.00000400. The van der Waals surface area contributed by atoms with Gasteiger partial charge in [-0.3, -0.25) is 9.78 Å². The standard InChI is InChI=1S/C30H34F3N3O.ClH/c1-2-18-36(21-25-20-27(25)22-12-14-26(15-13-22)30(31,32)33)19-6-5-17-35-29(37)24-10-8-23(9-11-24)28-7-3-4-16-34-28;/h3-4,7-16,25,27H,2,5-6,17-21H2,1H3,(H,35,37);1H. The van der Waals surface area contributed by atoms with E-state index in [1.165, 1.54) is 12.1 Å². The summed E-state index contributed by atoms with van der Waals surface area (Å²) in [5.41, 5.74) is 2.91. The summed E-state index contributed by atoms with van der Waals surface area (Å²) in [5.74, 6) is 0.775. The minimum Gasteiger partial charge on any atom is -0.352 e. The van der Waals surface area contributed by atoms with Gasteiger partial charge in [-0.15, -0.1) is 12.4 Å². The van der Waals surface area contributed by atoms with E-state index in [2.05, 4.69) is 22.1 Å². The maximum absolute atomic E-state index is 12.8. The Morgan fingerprint density at radius 3 is 2.37 bits per heavy atom. The predicted octanol–water partition coefficient (Wildman–Crippen LogP) is 7.21. The Morgan fingerprint density at radius 2 is 1.74 bits per heavy atom. The first-order valence-electron chi connectivity index (χ1n) is 13.0. The number of nitrogens with one attached hydrogen (secondary N) is 1. The molecule has 1 heterocycles. The molecule has 38 heavy (non-hydrogen) atoms. The van der Waals surface area contributed by atoms with E-state index in [4.69, 9.17) is 0 Å². The van der Waals surface area contributed by atoms with Gasteiger partial charge in [-0.25, -0.2) is 0 Å².